The molecule has 0 aliphatic heterocycles. The average molecular weight is 244 g/mol. The van der Waals surface area contributed by atoms with E-state index in [9.17, 15) is 5.11 Å². The summed E-state index contributed by atoms with van der Waals surface area (Å²) in [5.41, 5.74) is 2.73. The molecule has 2 rings (SSSR count). The van der Waals surface area contributed by atoms with Crippen molar-refractivity contribution in [2.75, 3.05) is 0 Å². The second kappa shape index (κ2) is 6.08. The van der Waals surface area contributed by atoms with Crippen LogP contribution in [0.1, 0.15) is 51.5 Å². The molecule has 0 radical (unpaired) electrons. The number of allylic oxidation sites excluding steroid dienone is 2. The number of hydrogen-bond acceptors (Lipinski definition) is 1. The van der Waals surface area contributed by atoms with E-state index in [0.29, 0.717) is 5.75 Å². The molecule has 0 heterocycles. The Morgan fingerprint density at radius 3 is 2.56 bits per heavy atom. The van der Waals surface area contributed by atoms with Crippen molar-refractivity contribution in [1.29, 1.82) is 0 Å². The van der Waals surface area contributed by atoms with Gasteiger partial charge in [-0.1, -0.05) is 38.5 Å². The fourth-order valence-electron chi connectivity index (χ4n) is 2.78. The summed E-state index contributed by atoms with van der Waals surface area (Å²) in [5, 5.41) is 9.30. The molecular weight excluding hydrogens is 220 g/mol. The predicted octanol–water partition coefficient (Wildman–Crippen LogP) is 5.01. The van der Waals surface area contributed by atoms with Crippen LogP contribution < -0.4 is 0 Å². The minimum absolute atomic E-state index is 0.352. The number of phenolic OH excluding ortho intramolecular Hbond substituents is 1. The molecule has 0 fully saturated rings. The molecule has 1 aromatic carbocycles. The average Bonchev–Trinajstić information content (AvgIpc) is 2.40. The molecule has 0 amide bonds. The van der Waals surface area contributed by atoms with Gasteiger partial charge in [-0.15, -0.1) is 0 Å². The molecule has 0 saturated heterocycles. The highest BCUT2D eigenvalue weighted by Crippen LogP contribution is 2.34. The van der Waals surface area contributed by atoms with E-state index >= 15 is 0 Å². The lowest BCUT2D eigenvalue weighted by Gasteiger charge is -2.24. The molecule has 1 aliphatic carbocycles. The highest BCUT2D eigenvalue weighted by Gasteiger charge is 2.17. The van der Waals surface area contributed by atoms with Gasteiger partial charge in [-0.25, -0.2) is 0 Å². The largest absolute Gasteiger partial charge is 0.508 e. The monoisotopic (exact) mass is 244 g/mol. The summed E-state index contributed by atoms with van der Waals surface area (Å²) >= 11 is 0. The molecule has 1 aliphatic rings. The van der Waals surface area contributed by atoms with Crippen molar-refractivity contribution in [3.63, 3.8) is 0 Å². The normalized spacial score (nSPS) is 21.4. The summed E-state index contributed by atoms with van der Waals surface area (Å²) in [6, 6.07) is 7.61. The first-order chi connectivity index (χ1) is 8.69. The maximum atomic E-state index is 9.30. The zero-order chi connectivity index (χ0) is 13.0. The first-order valence-corrected chi connectivity index (χ1v) is 7.17. The van der Waals surface area contributed by atoms with Crippen LogP contribution >= 0.6 is 0 Å². The van der Waals surface area contributed by atoms with Crippen LogP contribution in [-0.2, 0) is 0 Å². The van der Waals surface area contributed by atoms with E-state index in [0.717, 1.165) is 11.8 Å². The first kappa shape index (κ1) is 13.2. The van der Waals surface area contributed by atoms with Gasteiger partial charge in [-0.2, -0.15) is 0 Å². The molecule has 2 atom stereocenters. The molecule has 0 aromatic heterocycles. The van der Waals surface area contributed by atoms with Gasteiger partial charge in [0.1, 0.15) is 5.75 Å². The van der Waals surface area contributed by atoms with Gasteiger partial charge in [0.2, 0.25) is 0 Å². The van der Waals surface area contributed by atoms with Crippen LogP contribution in [0.4, 0.5) is 0 Å². The first-order valence-electron chi connectivity index (χ1n) is 7.17. The Morgan fingerprint density at radius 2 is 2.00 bits per heavy atom. The Hall–Kier alpha value is -1.24. The van der Waals surface area contributed by atoms with E-state index in [1.165, 1.54) is 43.2 Å². The molecule has 0 saturated carbocycles. The van der Waals surface area contributed by atoms with E-state index in [4.69, 9.17) is 0 Å². The zero-order valence-corrected chi connectivity index (χ0v) is 11.5. The summed E-state index contributed by atoms with van der Waals surface area (Å²) in [4.78, 5) is 0. The van der Waals surface area contributed by atoms with Crippen LogP contribution in [0.5, 0.6) is 5.75 Å². The summed E-state index contributed by atoms with van der Waals surface area (Å²) < 4.78 is 0. The minimum atomic E-state index is 0.352. The molecule has 1 aromatic rings. The number of hydrogen-bond donors (Lipinski definition) is 1. The lowest BCUT2D eigenvalue weighted by atomic mass is 9.81. The SMILES string of the molecule is CCC(C)CC1CC=C(c2ccc(O)cc2)CC1. The number of benzene rings is 1. The molecule has 1 N–H and O–H groups in total. The fourth-order valence-corrected chi connectivity index (χ4v) is 2.78. The van der Waals surface area contributed by atoms with E-state index < -0.39 is 0 Å². The van der Waals surface area contributed by atoms with Crippen molar-refractivity contribution in [2.45, 2.75) is 46.0 Å². The third-order valence-electron chi connectivity index (χ3n) is 4.19. The van der Waals surface area contributed by atoms with Crippen LogP contribution in [0.15, 0.2) is 30.3 Å². The van der Waals surface area contributed by atoms with Crippen LogP contribution in [0.3, 0.4) is 0 Å². The second-order valence-electron chi connectivity index (χ2n) is 5.67. The summed E-state index contributed by atoms with van der Waals surface area (Å²) in [6.07, 6.45) is 8.80. The summed E-state index contributed by atoms with van der Waals surface area (Å²) in [5.74, 6) is 2.09. The third-order valence-corrected chi connectivity index (χ3v) is 4.19. The quantitative estimate of drug-likeness (QED) is 0.789. The Kier molecular flexibility index (Phi) is 4.46. The van der Waals surface area contributed by atoms with Crippen LogP contribution in [-0.4, -0.2) is 5.11 Å². The van der Waals surface area contributed by atoms with E-state index in [2.05, 4.69) is 19.9 Å². The summed E-state index contributed by atoms with van der Waals surface area (Å²) in [6.45, 7) is 4.64. The van der Waals surface area contributed by atoms with Gasteiger partial charge < -0.3 is 5.11 Å². The van der Waals surface area contributed by atoms with E-state index in [1.807, 2.05) is 12.1 Å². The topological polar surface area (TPSA) is 20.2 Å². The minimum Gasteiger partial charge on any atom is -0.508 e. The van der Waals surface area contributed by atoms with Gasteiger partial charge in [0.05, 0.1) is 0 Å². The second-order valence-corrected chi connectivity index (χ2v) is 5.67. The Morgan fingerprint density at radius 1 is 1.28 bits per heavy atom. The predicted molar refractivity (Wildman–Crippen MR) is 77.5 cm³/mol. The zero-order valence-electron chi connectivity index (χ0n) is 11.5. The van der Waals surface area contributed by atoms with Crippen molar-refractivity contribution >= 4 is 5.57 Å². The molecule has 0 bridgehead atoms. The van der Waals surface area contributed by atoms with Crippen molar-refractivity contribution < 1.29 is 5.11 Å². The van der Waals surface area contributed by atoms with Crippen LogP contribution in [0.25, 0.3) is 5.57 Å². The Labute approximate surface area is 111 Å². The van der Waals surface area contributed by atoms with Gasteiger partial charge in [0.25, 0.3) is 0 Å². The number of phenols is 1. The highest BCUT2D eigenvalue weighted by atomic mass is 16.3. The van der Waals surface area contributed by atoms with Gasteiger partial charge in [0, 0.05) is 0 Å². The maximum absolute atomic E-state index is 9.30. The van der Waals surface area contributed by atoms with Crippen LogP contribution in [0, 0.1) is 11.8 Å². The third kappa shape index (κ3) is 3.38. The molecule has 2 unspecified atom stereocenters. The van der Waals surface area contributed by atoms with Crippen LogP contribution in [0.2, 0.25) is 0 Å². The lowest BCUT2D eigenvalue weighted by molar-refractivity contribution is 0.362. The number of aromatic hydroxyl groups is 1. The molecule has 98 valence electrons. The fraction of sp³-hybridized carbons (Fsp3) is 0.529. The van der Waals surface area contributed by atoms with Gasteiger partial charge in [-0.05, 0) is 60.8 Å². The number of rotatable bonds is 4. The van der Waals surface area contributed by atoms with Gasteiger partial charge in [0.15, 0.2) is 0 Å². The lowest BCUT2D eigenvalue weighted by Crippen LogP contribution is -2.09. The highest BCUT2D eigenvalue weighted by molar-refractivity contribution is 5.66. The Balaban J connectivity index is 1.96. The molecule has 1 heteroatoms. The summed E-state index contributed by atoms with van der Waals surface area (Å²) in [7, 11) is 0. The van der Waals surface area contributed by atoms with Gasteiger partial charge in [-0.3, -0.25) is 0 Å². The smallest absolute Gasteiger partial charge is 0.115 e. The van der Waals surface area contributed by atoms with Crippen molar-refractivity contribution in [2.24, 2.45) is 11.8 Å². The van der Waals surface area contributed by atoms with Crippen molar-refractivity contribution in [3.8, 4) is 5.75 Å². The van der Waals surface area contributed by atoms with Gasteiger partial charge >= 0.3 is 0 Å². The maximum Gasteiger partial charge on any atom is 0.115 e. The molecule has 1 nitrogen and oxygen atoms in total. The standard InChI is InChI=1S/C17H24O/c1-3-13(2)12-14-4-6-15(7-5-14)16-8-10-17(18)11-9-16/h6,8-11,13-14,18H,3-5,7,12H2,1-2H3. The molecule has 0 spiro atoms. The van der Waals surface area contributed by atoms with E-state index in [-0.39, 0.29) is 0 Å². The van der Waals surface area contributed by atoms with Crippen molar-refractivity contribution in [3.05, 3.63) is 35.9 Å². The molecule has 18 heavy (non-hydrogen) atoms. The van der Waals surface area contributed by atoms with Crippen molar-refractivity contribution in [1.82, 2.24) is 0 Å². The molecular formula is C17H24O. The Bertz CT molecular complexity index is 402. The van der Waals surface area contributed by atoms with E-state index in [1.54, 1.807) is 12.1 Å².